The molecule has 0 amide bonds. The van der Waals surface area contributed by atoms with Crippen molar-refractivity contribution in [1.82, 2.24) is 4.90 Å². The van der Waals surface area contributed by atoms with Crippen LogP contribution in [0.3, 0.4) is 0 Å². The third-order valence-electron chi connectivity index (χ3n) is 3.59. The zero-order valence-electron chi connectivity index (χ0n) is 11.2. The molecule has 19 heavy (non-hydrogen) atoms. The molecule has 0 spiro atoms. The quantitative estimate of drug-likeness (QED) is 0.844. The van der Waals surface area contributed by atoms with Gasteiger partial charge in [0.2, 0.25) is 0 Å². The molecule has 2 rings (SSSR count). The number of carbonyl (C=O) groups is 1. The molecular weight excluding hydrogens is 260 g/mol. The van der Waals surface area contributed by atoms with Crippen LogP contribution in [0, 0.1) is 0 Å². The lowest BCUT2D eigenvalue weighted by Gasteiger charge is -2.26. The molecule has 0 aliphatic carbocycles. The SMILES string of the molecule is NCCC(=O)c1ccc(CN2CCCCC2)c(Cl)c1. The molecule has 1 fully saturated rings. The Morgan fingerprint density at radius 2 is 2.00 bits per heavy atom. The minimum absolute atomic E-state index is 0.0638. The first-order chi connectivity index (χ1) is 9.20. The van der Waals surface area contributed by atoms with E-state index >= 15 is 0 Å². The second-order valence-electron chi connectivity index (χ2n) is 5.10. The maximum Gasteiger partial charge on any atom is 0.164 e. The molecule has 0 radical (unpaired) electrons. The third kappa shape index (κ3) is 4.03. The van der Waals surface area contributed by atoms with Gasteiger partial charge < -0.3 is 5.73 Å². The van der Waals surface area contributed by atoms with Crippen molar-refractivity contribution < 1.29 is 4.79 Å². The first-order valence-electron chi connectivity index (χ1n) is 6.95. The van der Waals surface area contributed by atoms with Crippen LogP contribution in [-0.2, 0) is 6.54 Å². The summed E-state index contributed by atoms with van der Waals surface area (Å²) in [5.41, 5.74) is 7.17. The van der Waals surface area contributed by atoms with E-state index in [9.17, 15) is 4.79 Å². The molecule has 2 N–H and O–H groups in total. The third-order valence-corrected chi connectivity index (χ3v) is 3.94. The molecule has 1 aliphatic heterocycles. The summed E-state index contributed by atoms with van der Waals surface area (Å²) >= 11 is 6.28. The summed E-state index contributed by atoms with van der Waals surface area (Å²) in [5.74, 6) is 0.0638. The number of likely N-dealkylation sites (tertiary alicyclic amines) is 1. The number of nitrogens with two attached hydrogens (primary N) is 1. The zero-order valence-corrected chi connectivity index (χ0v) is 12.0. The number of hydrogen-bond acceptors (Lipinski definition) is 3. The van der Waals surface area contributed by atoms with E-state index in [-0.39, 0.29) is 5.78 Å². The van der Waals surface area contributed by atoms with E-state index in [0.29, 0.717) is 23.6 Å². The van der Waals surface area contributed by atoms with Gasteiger partial charge in [0.25, 0.3) is 0 Å². The molecule has 1 aromatic carbocycles. The summed E-state index contributed by atoms with van der Waals surface area (Å²) < 4.78 is 0. The molecule has 0 atom stereocenters. The summed E-state index contributed by atoms with van der Waals surface area (Å²) in [6.45, 7) is 3.55. The molecular formula is C15H21ClN2O. The number of benzene rings is 1. The van der Waals surface area contributed by atoms with E-state index in [0.717, 1.165) is 25.2 Å². The van der Waals surface area contributed by atoms with E-state index in [1.54, 1.807) is 6.07 Å². The predicted molar refractivity (Wildman–Crippen MR) is 78.6 cm³/mol. The number of nitrogens with zero attached hydrogens (tertiary/aromatic N) is 1. The number of piperidine rings is 1. The maximum absolute atomic E-state index is 11.7. The Morgan fingerprint density at radius 3 is 2.63 bits per heavy atom. The summed E-state index contributed by atoms with van der Waals surface area (Å²) in [5, 5.41) is 0.688. The van der Waals surface area contributed by atoms with Gasteiger partial charge in [-0.3, -0.25) is 9.69 Å². The van der Waals surface area contributed by atoms with E-state index < -0.39 is 0 Å². The number of hydrogen-bond donors (Lipinski definition) is 1. The van der Waals surface area contributed by atoms with Gasteiger partial charge >= 0.3 is 0 Å². The van der Waals surface area contributed by atoms with Crippen LogP contribution in [0.4, 0.5) is 0 Å². The highest BCUT2D eigenvalue weighted by Crippen LogP contribution is 2.22. The van der Waals surface area contributed by atoms with Crippen molar-refractivity contribution in [2.45, 2.75) is 32.2 Å². The molecule has 1 aliphatic rings. The molecule has 0 saturated carbocycles. The minimum Gasteiger partial charge on any atom is -0.330 e. The minimum atomic E-state index is 0.0638. The number of rotatable bonds is 5. The lowest BCUT2D eigenvalue weighted by Crippen LogP contribution is -2.29. The summed E-state index contributed by atoms with van der Waals surface area (Å²) in [7, 11) is 0. The number of ketones is 1. The highest BCUT2D eigenvalue weighted by atomic mass is 35.5. The first-order valence-corrected chi connectivity index (χ1v) is 7.32. The van der Waals surface area contributed by atoms with Gasteiger partial charge in [-0.2, -0.15) is 0 Å². The van der Waals surface area contributed by atoms with Crippen LogP contribution in [0.1, 0.15) is 41.6 Å². The Kier molecular flexibility index (Phi) is 5.37. The van der Waals surface area contributed by atoms with Crippen LogP contribution in [0.15, 0.2) is 18.2 Å². The summed E-state index contributed by atoms with van der Waals surface area (Å²) in [6, 6.07) is 5.61. The zero-order chi connectivity index (χ0) is 13.7. The van der Waals surface area contributed by atoms with Crippen LogP contribution in [-0.4, -0.2) is 30.3 Å². The summed E-state index contributed by atoms with van der Waals surface area (Å²) in [6.07, 6.45) is 4.24. The fourth-order valence-electron chi connectivity index (χ4n) is 2.48. The molecule has 1 aromatic rings. The van der Waals surface area contributed by atoms with Gasteiger partial charge in [0.05, 0.1) is 0 Å². The smallest absolute Gasteiger partial charge is 0.164 e. The Morgan fingerprint density at radius 1 is 1.26 bits per heavy atom. The molecule has 1 heterocycles. The predicted octanol–water partition coefficient (Wildman–Crippen LogP) is 2.86. The Hall–Kier alpha value is -0.900. The van der Waals surface area contributed by atoms with E-state index in [4.69, 9.17) is 17.3 Å². The van der Waals surface area contributed by atoms with Crippen LogP contribution < -0.4 is 5.73 Å². The van der Waals surface area contributed by atoms with Gasteiger partial charge in [0.1, 0.15) is 0 Å². The van der Waals surface area contributed by atoms with Gasteiger partial charge in [-0.1, -0.05) is 30.2 Å². The van der Waals surface area contributed by atoms with Crippen molar-refractivity contribution in [2.75, 3.05) is 19.6 Å². The standard InChI is InChI=1S/C15H21ClN2O/c16-14-10-12(15(19)6-7-17)4-5-13(14)11-18-8-2-1-3-9-18/h4-5,10H,1-3,6-9,11,17H2. The van der Waals surface area contributed by atoms with Crippen molar-refractivity contribution in [3.05, 3.63) is 34.3 Å². The average Bonchev–Trinajstić information content (AvgIpc) is 2.42. The highest BCUT2D eigenvalue weighted by Gasteiger charge is 2.13. The van der Waals surface area contributed by atoms with Crippen LogP contribution in [0.5, 0.6) is 0 Å². The molecule has 104 valence electrons. The van der Waals surface area contributed by atoms with Crippen molar-refractivity contribution >= 4 is 17.4 Å². The highest BCUT2D eigenvalue weighted by molar-refractivity contribution is 6.31. The van der Waals surface area contributed by atoms with Crippen molar-refractivity contribution in [3.63, 3.8) is 0 Å². The Bertz CT molecular complexity index is 442. The molecule has 0 unspecified atom stereocenters. The monoisotopic (exact) mass is 280 g/mol. The van der Waals surface area contributed by atoms with Crippen molar-refractivity contribution in [1.29, 1.82) is 0 Å². The van der Waals surface area contributed by atoms with Crippen molar-refractivity contribution in [2.24, 2.45) is 5.73 Å². The number of halogens is 1. The van der Waals surface area contributed by atoms with Gasteiger partial charge in [-0.05, 0) is 44.1 Å². The number of carbonyl (C=O) groups excluding carboxylic acids is 1. The topological polar surface area (TPSA) is 46.3 Å². The molecule has 1 saturated heterocycles. The molecule has 0 aromatic heterocycles. The average molecular weight is 281 g/mol. The summed E-state index contributed by atoms with van der Waals surface area (Å²) in [4.78, 5) is 14.2. The largest absolute Gasteiger partial charge is 0.330 e. The Balaban J connectivity index is 2.04. The lowest BCUT2D eigenvalue weighted by atomic mass is 10.0. The number of Topliss-reactive ketones (excluding diaryl/α,β-unsaturated/α-hetero) is 1. The normalized spacial score (nSPS) is 16.5. The van der Waals surface area contributed by atoms with Crippen molar-refractivity contribution in [3.8, 4) is 0 Å². The van der Waals surface area contributed by atoms with Crippen LogP contribution in [0.25, 0.3) is 0 Å². The van der Waals surface area contributed by atoms with Crippen LogP contribution >= 0.6 is 11.6 Å². The lowest BCUT2D eigenvalue weighted by molar-refractivity contribution is 0.0985. The maximum atomic E-state index is 11.7. The molecule has 3 nitrogen and oxygen atoms in total. The molecule has 0 bridgehead atoms. The Labute approximate surface area is 119 Å². The van der Waals surface area contributed by atoms with E-state index in [2.05, 4.69) is 4.90 Å². The second kappa shape index (κ2) is 7.04. The first kappa shape index (κ1) is 14.5. The van der Waals surface area contributed by atoms with Gasteiger partial charge in [0, 0.05) is 23.6 Å². The fraction of sp³-hybridized carbons (Fsp3) is 0.533. The van der Waals surface area contributed by atoms with Gasteiger partial charge in [-0.15, -0.1) is 0 Å². The van der Waals surface area contributed by atoms with Crippen LogP contribution in [0.2, 0.25) is 5.02 Å². The van der Waals surface area contributed by atoms with Gasteiger partial charge in [-0.25, -0.2) is 0 Å². The fourth-order valence-corrected chi connectivity index (χ4v) is 2.72. The second-order valence-corrected chi connectivity index (χ2v) is 5.51. The van der Waals surface area contributed by atoms with E-state index in [1.165, 1.54) is 19.3 Å². The molecule has 4 heteroatoms. The van der Waals surface area contributed by atoms with Gasteiger partial charge in [0.15, 0.2) is 5.78 Å². The van der Waals surface area contributed by atoms with E-state index in [1.807, 2.05) is 12.1 Å².